The summed E-state index contributed by atoms with van der Waals surface area (Å²) in [5, 5.41) is 0. The molecular weight excluding hydrogens is 240 g/mol. The lowest BCUT2D eigenvalue weighted by Gasteiger charge is -2.31. The van der Waals surface area contributed by atoms with Gasteiger partial charge in [0.1, 0.15) is 0 Å². The lowest BCUT2D eigenvalue weighted by molar-refractivity contribution is 0.295. The van der Waals surface area contributed by atoms with E-state index in [2.05, 4.69) is 71.9 Å². The summed E-state index contributed by atoms with van der Waals surface area (Å²) in [6.45, 7) is 14.2. The Labute approximate surface area is 126 Å². The summed E-state index contributed by atoms with van der Waals surface area (Å²) >= 11 is 0. The van der Waals surface area contributed by atoms with Crippen molar-refractivity contribution in [1.29, 1.82) is 0 Å². The first-order valence-electron chi connectivity index (χ1n) is 8.41. The Kier molecular flexibility index (Phi) is 4.33. The first-order valence-corrected chi connectivity index (χ1v) is 8.41. The molecule has 0 nitrogen and oxygen atoms in total. The Bertz CT molecular complexity index is 437. The summed E-state index contributed by atoms with van der Waals surface area (Å²) in [6, 6.07) is 0. The van der Waals surface area contributed by atoms with Crippen LogP contribution in [-0.2, 0) is 0 Å². The van der Waals surface area contributed by atoms with Gasteiger partial charge < -0.3 is 0 Å². The van der Waals surface area contributed by atoms with Crippen LogP contribution < -0.4 is 0 Å². The topological polar surface area (TPSA) is 0 Å². The molecule has 0 heterocycles. The minimum atomic E-state index is 0.204. The molecule has 0 radical (unpaired) electrons. The van der Waals surface area contributed by atoms with Crippen molar-refractivity contribution in [2.24, 2.45) is 28.6 Å². The summed E-state index contributed by atoms with van der Waals surface area (Å²) in [4.78, 5) is 0. The van der Waals surface area contributed by atoms with Crippen LogP contribution in [0.3, 0.4) is 0 Å². The molecule has 0 bridgehead atoms. The maximum Gasteiger partial charge on any atom is 0.00646 e. The van der Waals surface area contributed by atoms with Gasteiger partial charge in [-0.15, -0.1) is 0 Å². The monoisotopic (exact) mass is 272 g/mol. The molecule has 20 heavy (non-hydrogen) atoms. The van der Waals surface area contributed by atoms with Gasteiger partial charge in [-0.05, 0) is 41.6 Å². The van der Waals surface area contributed by atoms with Gasteiger partial charge in [0, 0.05) is 5.41 Å². The second-order valence-corrected chi connectivity index (χ2v) is 7.94. The average Bonchev–Trinajstić information content (AvgIpc) is 3.08. The zero-order valence-electron chi connectivity index (χ0n) is 14.2. The van der Waals surface area contributed by atoms with Gasteiger partial charge in [0.15, 0.2) is 0 Å². The van der Waals surface area contributed by atoms with Gasteiger partial charge in [-0.3, -0.25) is 0 Å². The van der Waals surface area contributed by atoms with Crippen LogP contribution in [0.1, 0.15) is 60.8 Å². The highest BCUT2D eigenvalue weighted by Crippen LogP contribution is 2.59. The molecule has 0 saturated heterocycles. The van der Waals surface area contributed by atoms with Crippen molar-refractivity contribution in [2.45, 2.75) is 60.8 Å². The quantitative estimate of drug-likeness (QED) is 0.562. The molecule has 4 atom stereocenters. The number of rotatable bonds is 5. The Morgan fingerprint density at radius 3 is 2.45 bits per heavy atom. The van der Waals surface area contributed by atoms with Crippen LogP contribution in [0.2, 0.25) is 0 Å². The fourth-order valence-corrected chi connectivity index (χ4v) is 3.81. The Hall–Kier alpha value is -0.780. The average molecular weight is 272 g/mol. The second kappa shape index (κ2) is 5.54. The molecule has 0 aromatic carbocycles. The standard InChI is InChI=1S/C20H32/c1-7-17-14-20(17,6)18-9-8-11-19(5,12-10-18)16(4)13-15(2)3/h8-12,15-17H,7,13-14H2,1-6H3. The van der Waals surface area contributed by atoms with Crippen molar-refractivity contribution in [2.75, 3.05) is 0 Å². The van der Waals surface area contributed by atoms with Crippen LogP contribution in [0.15, 0.2) is 36.0 Å². The van der Waals surface area contributed by atoms with E-state index in [1.807, 2.05) is 0 Å². The van der Waals surface area contributed by atoms with Crippen LogP contribution in [-0.4, -0.2) is 0 Å². The van der Waals surface area contributed by atoms with E-state index in [1.165, 1.54) is 19.3 Å². The molecular formula is C20H32. The molecule has 0 heteroatoms. The van der Waals surface area contributed by atoms with Crippen molar-refractivity contribution in [3.05, 3.63) is 36.0 Å². The fourth-order valence-electron chi connectivity index (χ4n) is 3.81. The van der Waals surface area contributed by atoms with Gasteiger partial charge in [-0.1, -0.05) is 78.3 Å². The Morgan fingerprint density at radius 2 is 1.90 bits per heavy atom. The normalized spacial score (nSPS) is 37.8. The van der Waals surface area contributed by atoms with Crippen LogP contribution in [0.25, 0.3) is 0 Å². The molecule has 0 spiro atoms. The molecule has 2 aliphatic rings. The van der Waals surface area contributed by atoms with E-state index < -0.39 is 0 Å². The smallest absolute Gasteiger partial charge is 0.00646 e. The third kappa shape index (κ3) is 2.95. The summed E-state index contributed by atoms with van der Waals surface area (Å²) in [5.74, 6) is 2.35. The van der Waals surface area contributed by atoms with Crippen molar-refractivity contribution in [3.63, 3.8) is 0 Å². The molecule has 0 aromatic rings. The zero-order valence-corrected chi connectivity index (χ0v) is 14.2. The number of hydrogen-bond donors (Lipinski definition) is 0. The highest BCUT2D eigenvalue weighted by molar-refractivity contribution is 5.40. The number of hydrogen-bond acceptors (Lipinski definition) is 0. The van der Waals surface area contributed by atoms with E-state index in [0.29, 0.717) is 11.3 Å². The fraction of sp³-hybridized carbons (Fsp3) is 0.700. The first-order chi connectivity index (χ1) is 9.32. The molecule has 2 aliphatic carbocycles. The highest BCUT2D eigenvalue weighted by atomic mass is 14.5. The predicted molar refractivity (Wildman–Crippen MR) is 89.6 cm³/mol. The maximum atomic E-state index is 2.46. The van der Waals surface area contributed by atoms with Gasteiger partial charge in [-0.2, -0.15) is 0 Å². The van der Waals surface area contributed by atoms with E-state index >= 15 is 0 Å². The molecule has 0 amide bonds. The molecule has 1 fully saturated rings. The van der Waals surface area contributed by atoms with E-state index in [4.69, 9.17) is 0 Å². The van der Waals surface area contributed by atoms with Gasteiger partial charge in [-0.25, -0.2) is 0 Å². The highest BCUT2D eigenvalue weighted by Gasteiger charge is 2.50. The lowest BCUT2D eigenvalue weighted by atomic mass is 9.74. The molecule has 0 N–H and O–H groups in total. The largest absolute Gasteiger partial charge is 0.0745 e. The molecule has 0 aliphatic heterocycles. The third-order valence-corrected chi connectivity index (χ3v) is 5.80. The summed E-state index contributed by atoms with van der Waals surface area (Å²) in [6.07, 6.45) is 15.9. The van der Waals surface area contributed by atoms with Crippen molar-refractivity contribution < 1.29 is 0 Å². The van der Waals surface area contributed by atoms with E-state index in [9.17, 15) is 0 Å². The summed E-state index contributed by atoms with van der Waals surface area (Å²) in [5.41, 5.74) is 2.19. The van der Waals surface area contributed by atoms with Gasteiger partial charge >= 0.3 is 0 Å². The van der Waals surface area contributed by atoms with E-state index in [1.54, 1.807) is 5.57 Å². The van der Waals surface area contributed by atoms with Crippen LogP contribution in [0, 0.1) is 28.6 Å². The van der Waals surface area contributed by atoms with Crippen LogP contribution in [0.4, 0.5) is 0 Å². The molecule has 112 valence electrons. The minimum absolute atomic E-state index is 0.204. The van der Waals surface area contributed by atoms with Crippen LogP contribution in [0.5, 0.6) is 0 Å². The van der Waals surface area contributed by atoms with E-state index in [0.717, 1.165) is 11.8 Å². The third-order valence-electron chi connectivity index (χ3n) is 5.80. The molecule has 4 unspecified atom stereocenters. The second-order valence-electron chi connectivity index (χ2n) is 7.94. The predicted octanol–water partition coefficient (Wildman–Crippen LogP) is 6.16. The van der Waals surface area contributed by atoms with Crippen molar-refractivity contribution in [1.82, 2.24) is 0 Å². The Balaban J connectivity index is 2.13. The zero-order chi connectivity index (χ0) is 15.0. The molecule has 2 rings (SSSR count). The van der Waals surface area contributed by atoms with E-state index in [-0.39, 0.29) is 5.41 Å². The van der Waals surface area contributed by atoms with Gasteiger partial charge in [0.05, 0.1) is 0 Å². The van der Waals surface area contributed by atoms with Gasteiger partial charge in [0.25, 0.3) is 0 Å². The number of allylic oxidation sites excluding steroid dienone is 6. The minimum Gasteiger partial charge on any atom is -0.0745 e. The summed E-state index contributed by atoms with van der Waals surface area (Å²) in [7, 11) is 0. The molecule has 1 saturated carbocycles. The lowest BCUT2D eigenvalue weighted by Crippen LogP contribution is -2.22. The first kappa shape index (κ1) is 15.6. The Morgan fingerprint density at radius 1 is 1.20 bits per heavy atom. The van der Waals surface area contributed by atoms with Crippen molar-refractivity contribution in [3.8, 4) is 0 Å². The van der Waals surface area contributed by atoms with Crippen LogP contribution >= 0.6 is 0 Å². The molecule has 0 aromatic heterocycles. The maximum absolute atomic E-state index is 2.46. The van der Waals surface area contributed by atoms with Gasteiger partial charge in [0.2, 0.25) is 0 Å². The summed E-state index contributed by atoms with van der Waals surface area (Å²) < 4.78 is 0. The SMILES string of the molecule is CCC1CC1(C)C1=CC=CC(C)(C(C)CC(C)C)C=C1. The van der Waals surface area contributed by atoms with Crippen molar-refractivity contribution >= 4 is 0 Å².